The zero-order chi connectivity index (χ0) is 7.61. The number of halogens is 3. The van der Waals surface area contributed by atoms with E-state index in [0.717, 1.165) is 6.20 Å². The van der Waals surface area contributed by atoms with Crippen LogP contribution in [-0.2, 0) is 9.68 Å². The van der Waals surface area contributed by atoms with Crippen molar-refractivity contribution < 1.29 is 22.8 Å². The molecule has 0 aromatic carbocycles. The minimum atomic E-state index is -4.71. The average molecular weight is 154 g/mol. The molecule has 0 bridgehead atoms. The topological polar surface area (TPSA) is 21.7 Å². The van der Waals surface area contributed by atoms with E-state index in [1.807, 2.05) is 0 Å². The molecule has 0 aliphatic carbocycles. The van der Waals surface area contributed by atoms with Crippen molar-refractivity contribution in [1.82, 2.24) is 5.23 Å². The van der Waals surface area contributed by atoms with Crippen LogP contribution in [0.5, 0.6) is 0 Å². The molecular weight excluding hydrogens is 151 g/mol. The summed E-state index contributed by atoms with van der Waals surface area (Å²) in [6.07, 6.45) is -1.43. The van der Waals surface area contributed by atoms with Gasteiger partial charge in [0.05, 0.1) is 6.20 Å². The first-order valence-corrected chi connectivity index (χ1v) is 2.33. The smallest absolute Gasteiger partial charge is 0.244 e. The molecule has 0 N–H and O–H groups in total. The highest BCUT2D eigenvalue weighted by Gasteiger charge is 2.34. The Morgan fingerprint density at radius 3 is 2.70 bits per heavy atom. The van der Waals surface area contributed by atoms with Gasteiger partial charge < -0.3 is 0 Å². The normalized spacial score (nSPS) is 18.5. The van der Waals surface area contributed by atoms with Gasteiger partial charge in [-0.2, -0.15) is 0 Å². The van der Waals surface area contributed by atoms with E-state index < -0.39 is 6.36 Å². The van der Waals surface area contributed by atoms with Crippen LogP contribution in [0.2, 0.25) is 0 Å². The quantitative estimate of drug-likeness (QED) is 0.562. The minimum absolute atomic E-state index is 0.0178. The van der Waals surface area contributed by atoms with Crippen LogP contribution in [0, 0.1) is 6.08 Å². The number of hydroxylamine groups is 2. The fourth-order valence-electron chi connectivity index (χ4n) is 0.405. The SMILES string of the molecule is FC(F)(F)ON1C=[C]CO1. The Labute approximate surface area is 54.5 Å². The fraction of sp³-hybridized carbons (Fsp3) is 0.500. The highest BCUT2D eigenvalue weighted by Crippen LogP contribution is 2.19. The van der Waals surface area contributed by atoms with Crippen LogP contribution in [0.25, 0.3) is 0 Å². The zero-order valence-electron chi connectivity index (χ0n) is 4.68. The second-order valence-corrected chi connectivity index (χ2v) is 1.43. The molecule has 57 valence electrons. The zero-order valence-corrected chi connectivity index (χ0v) is 4.68. The third-order valence-electron chi connectivity index (χ3n) is 0.665. The molecule has 0 aromatic rings. The molecule has 1 heterocycles. The maximum absolute atomic E-state index is 11.3. The maximum Gasteiger partial charge on any atom is 0.545 e. The van der Waals surface area contributed by atoms with E-state index in [1.54, 1.807) is 0 Å². The third-order valence-corrected chi connectivity index (χ3v) is 0.665. The van der Waals surface area contributed by atoms with Crippen LogP contribution in [0.1, 0.15) is 0 Å². The van der Waals surface area contributed by atoms with Crippen molar-refractivity contribution in [3.8, 4) is 0 Å². The van der Waals surface area contributed by atoms with E-state index in [4.69, 9.17) is 0 Å². The van der Waals surface area contributed by atoms with Crippen LogP contribution in [0.15, 0.2) is 6.20 Å². The summed E-state index contributed by atoms with van der Waals surface area (Å²) in [5, 5.41) is 0.208. The van der Waals surface area contributed by atoms with E-state index in [-0.39, 0.29) is 11.8 Å². The lowest BCUT2D eigenvalue weighted by Gasteiger charge is -2.14. The van der Waals surface area contributed by atoms with Gasteiger partial charge in [-0.25, -0.2) is 4.84 Å². The summed E-state index contributed by atoms with van der Waals surface area (Å²) in [7, 11) is 0. The Morgan fingerprint density at radius 1 is 1.60 bits per heavy atom. The van der Waals surface area contributed by atoms with Crippen molar-refractivity contribution in [2.75, 3.05) is 6.61 Å². The van der Waals surface area contributed by atoms with Gasteiger partial charge in [0.2, 0.25) is 0 Å². The summed E-state index contributed by atoms with van der Waals surface area (Å²) < 4.78 is 33.9. The van der Waals surface area contributed by atoms with Crippen LogP contribution in [0.3, 0.4) is 0 Å². The molecule has 3 nitrogen and oxygen atoms in total. The van der Waals surface area contributed by atoms with Gasteiger partial charge in [-0.05, 0) is 0 Å². The number of alkyl halides is 3. The van der Waals surface area contributed by atoms with Crippen LogP contribution in [0.4, 0.5) is 13.2 Å². The number of hydrogen-bond donors (Lipinski definition) is 0. The average Bonchev–Trinajstić information content (AvgIpc) is 2.12. The summed E-state index contributed by atoms with van der Waals surface area (Å²) >= 11 is 0. The molecule has 1 aliphatic heterocycles. The highest BCUT2D eigenvalue weighted by molar-refractivity contribution is 4.70. The molecule has 0 aromatic heterocycles. The van der Waals surface area contributed by atoms with Crippen molar-refractivity contribution in [2.24, 2.45) is 0 Å². The minimum Gasteiger partial charge on any atom is -0.244 e. The van der Waals surface area contributed by atoms with E-state index in [2.05, 4.69) is 15.8 Å². The highest BCUT2D eigenvalue weighted by atomic mass is 19.4. The second-order valence-electron chi connectivity index (χ2n) is 1.43. The standard InChI is InChI=1S/C4H3F3NO2/c5-4(6,7)10-8-2-1-3-9-8/h2H,3H2. The molecule has 0 amide bonds. The summed E-state index contributed by atoms with van der Waals surface area (Å²) in [6, 6.07) is 0. The molecule has 0 spiro atoms. The molecule has 6 heteroatoms. The van der Waals surface area contributed by atoms with E-state index >= 15 is 0 Å². The number of nitrogens with zero attached hydrogens (tertiary/aromatic N) is 1. The molecule has 1 aliphatic rings. The Bertz CT molecular complexity index is 144. The maximum atomic E-state index is 11.3. The Kier molecular flexibility index (Phi) is 1.82. The van der Waals surface area contributed by atoms with Gasteiger partial charge in [-0.15, -0.1) is 23.2 Å². The molecule has 1 rings (SSSR count). The number of rotatable bonds is 1. The van der Waals surface area contributed by atoms with Crippen LogP contribution in [-0.4, -0.2) is 18.2 Å². The Balaban J connectivity index is 2.31. The van der Waals surface area contributed by atoms with Gasteiger partial charge in [0, 0.05) is 6.08 Å². The van der Waals surface area contributed by atoms with Gasteiger partial charge in [-0.3, -0.25) is 0 Å². The van der Waals surface area contributed by atoms with Gasteiger partial charge in [-0.1, -0.05) is 0 Å². The molecular formula is C4H3F3NO2. The Hall–Kier alpha value is -0.750. The summed E-state index contributed by atoms with van der Waals surface area (Å²) in [5.74, 6) is 0. The summed E-state index contributed by atoms with van der Waals surface area (Å²) in [6.45, 7) is -0.0178. The van der Waals surface area contributed by atoms with Crippen LogP contribution < -0.4 is 0 Å². The largest absolute Gasteiger partial charge is 0.545 e. The van der Waals surface area contributed by atoms with Gasteiger partial charge in [0.1, 0.15) is 6.61 Å². The van der Waals surface area contributed by atoms with Crippen molar-refractivity contribution in [3.63, 3.8) is 0 Å². The van der Waals surface area contributed by atoms with E-state index in [9.17, 15) is 13.2 Å². The molecule has 0 saturated carbocycles. The van der Waals surface area contributed by atoms with Crippen LogP contribution >= 0.6 is 0 Å². The number of hydrogen-bond acceptors (Lipinski definition) is 3. The summed E-state index contributed by atoms with van der Waals surface area (Å²) in [5.41, 5.74) is 0. The lowest BCUT2D eigenvalue weighted by atomic mass is 10.7. The van der Waals surface area contributed by atoms with Crippen molar-refractivity contribution in [2.45, 2.75) is 6.36 Å². The predicted octanol–water partition coefficient (Wildman–Crippen LogP) is 1.00. The lowest BCUT2D eigenvalue weighted by Crippen LogP contribution is -2.25. The molecule has 1 radical (unpaired) electrons. The fourth-order valence-corrected chi connectivity index (χ4v) is 0.405. The molecule has 0 fully saturated rings. The van der Waals surface area contributed by atoms with Gasteiger partial charge in [0.15, 0.2) is 0 Å². The predicted molar refractivity (Wildman–Crippen MR) is 22.7 cm³/mol. The Morgan fingerprint density at radius 2 is 2.30 bits per heavy atom. The second kappa shape index (κ2) is 2.47. The van der Waals surface area contributed by atoms with Crippen molar-refractivity contribution >= 4 is 0 Å². The van der Waals surface area contributed by atoms with Crippen molar-refractivity contribution in [1.29, 1.82) is 0 Å². The first-order chi connectivity index (χ1) is 4.58. The van der Waals surface area contributed by atoms with Crippen molar-refractivity contribution in [3.05, 3.63) is 12.3 Å². The molecule has 0 unspecified atom stereocenters. The van der Waals surface area contributed by atoms with Gasteiger partial charge in [0.25, 0.3) is 0 Å². The molecule has 0 saturated heterocycles. The van der Waals surface area contributed by atoms with E-state index in [1.165, 1.54) is 0 Å². The monoisotopic (exact) mass is 154 g/mol. The lowest BCUT2D eigenvalue weighted by molar-refractivity contribution is -0.472. The first-order valence-electron chi connectivity index (χ1n) is 2.33. The molecule has 10 heavy (non-hydrogen) atoms. The third kappa shape index (κ3) is 2.24. The first kappa shape index (κ1) is 7.36. The molecule has 0 atom stereocenters. The van der Waals surface area contributed by atoms with Gasteiger partial charge >= 0.3 is 6.36 Å². The summed E-state index contributed by atoms with van der Waals surface area (Å²) in [4.78, 5) is 7.55. The van der Waals surface area contributed by atoms with E-state index in [0.29, 0.717) is 0 Å².